The topological polar surface area (TPSA) is 80.5 Å². The Balaban J connectivity index is 1.39. The standard InChI is InChI=1S/C27H25ClN4O3/c28-22-7-5-19(6-8-22)26-23(25-4-2-12-35-25)15-21(17-30-26)27(33)31-18-24(20-3-1-9-29-16-20)32-10-13-34-14-11-32/h1-9,12,15-17,24H,10-11,13-14,18H2,(H,31,33). The van der Waals surface area contributed by atoms with Gasteiger partial charge < -0.3 is 14.5 Å². The van der Waals surface area contributed by atoms with Crippen LogP contribution in [0.25, 0.3) is 22.6 Å². The first-order valence-electron chi connectivity index (χ1n) is 11.5. The maximum absolute atomic E-state index is 13.2. The number of morpholine rings is 1. The maximum atomic E-state index is 13.2. The first kappa shape index (κ1) is 23.2. The normalized spacial score (nSPS) is 15.0. The molecule has 1 aromatic carbocycles. The SMILES string of the molecule is O=C(NCC(c1cccnc1)N1CCOCC1)c1cnc(-c2ccc(Cl)cc2)c(-c2ccco2)c1. The smallest absolute Gasteiger partial charge is 0.252 e. The van der Waals surface area contributed by atoms with Crippen LogP contribution in [0.4, 0.5) is 0 Å². The van der Waals surface area contributed by atoms with E-state index in [2.05, 4.69) is 20.2 Å². The zero-order chi connectivity index (χ0) is 24.0. The third-order valence-corrected chi connectivity index (χ3v) is 6.32. The van der Waals surface area contributed by atoms with Crippen LogP contribution in [0.5, 0.6) is 0 Å². The second-order valence-corrected chi connectivity index (χ2v) is 8.70. The molecule has 35 heavy (non-hydrogen) atoms. The third kappa shape index (κ3) is 5.43. The lowest BCUT2D eigenvalue weighted by Gasteiger charge is -2.34. The molecule has 0 radical (unpaired) electrons. The van der Waals surface area contributed by atoms with E-state index in [0.29, 0.717) is 36.1 Å². The van der Waals surface area contributed by atoms with E-state index in [1.165, 1.54) is 0 Å². The van der Waals surface area contributed by atoms with Crippen LogP contribution < -0.4 is 5.32 Å². The monoisotopic (exact) mass is 488 g/mol. The average Bonchev–Trinajstić information content (AvgIpc) is 3.45. The van der Waals surface area contributed by atoms with Gasteiger partial charge in [-0.1, -0.05) is 29.8 Å². The number of benzene rings is 1. The van der Waals surface area contributed by atoms with Crippen molar-refractivity contribution in [3.8, 4) is 22.6 Å². The summed E-state index contributed by atoms with van der Waals surface area (Å²) in [7, 11) is 0. The molecule has 1 aliphatic rings. The Morgan fingerprint density at radius 1 is 1.09 bits per heavy atom. The molecule has 4 heterocycles. The molecule has 1 saturated heterocycles. The zero-order valence-corrected chi connectivity index (χ0v) is 19.8. The van der Waals surface area contributed by atoms with Gasteiger partial charge in [0.05, 0.1) is 36.8 Å². The Bertz CT molecular complexity index is 1260. The van der Waals surface area contributed by atoms with Crippen LogP contribution >= 0.6 is 11.6 Å². The average molecular weight is 489 g/mol. The summed E-state index contributed by atoms with van der Waals surface area (Å²) >= 11 is 6.06. The lowest BCUT2D eigenvalue weighted by Crippen LogP contribution is -2.43. The van der Waals surface area contributed by atoms with Crippen LogP contribution in [0.3, 0.4) is 0 Å². The van der Waals surface area contributed by atoms with Crippen LogP contribution in [0, 0.1) is 0 Å². The molecule has 178 valence electrons. The fourth-order valence-electron chi connectivity index (χ4n) is 4.26. The number of carbonyl (C=O) groups is 1. The van der Waals surface area contributed by atoms with E-state index in [4.69, 9.17) is 20.8 Å². The molecule has 1 fully saturated rings. The summed E-state index contributed by atoms with van der Waals surface area (Å²) < 4.78 is 11.2. The Kier molecular flexibility index (Phi) is 7.18. The highest BCUT2D eigenvalue weighted by Crippen LogP contribution is 2.32. The number of hydrogen-bond acceptors (Lipinski definition) is 6. The quantitative estimate of drug-likeness (QED) is 0.400. The summed E-state index contributed by atoms with van der Waals surface area (Å²) in [5, 5.41) is 3.74. The van der Waals surface area contributed by atoms with Gasteiger partial charge in [-0.05, 0) is 42.0 Å². The van der Waals surface area contributed by atoms with Crippen molar-refractivity contribution in [1.29, 1.82) is 0 Å². The van der Waals surface area contributed by atoms with E-state index in [1.54, 1.807) is 18.7 Å². The van der Waals surface area contributed by atoms with Crippen molar-refractivity contribution in [2.75, 3.05) is 32.8 Å². The molecule has 1 aliphatic heterocycles. The Morgan fingerprint density at radius 3 is 2.63 bits per heavy atom. The molecule has 7 nitrogen and oxygen atoms in total. The van der Waals surface area contributed by atoms with Gasteiger partial charge in [-0.25, -0.2) is 0 Å². The minimum absolute atomic E-state index is 0.00222. The van der Waals surface area contributed by atoms with Crippen LogP contribution in [-0.2, 0) is 4.74 Å². The molecule has 1 atom stereocenters. The number of nitrogens with zero attached hydrogens (tertiary/aromatic N) is 3. The van der Waals surface area contributed by atoms with E-state index in [1.807, 2.05) is 60.8 Å². The van der Waals surface area contributed by atoms with Gasteiger partial charge in [0.1, 0.15) is 5.76 Å². The molecule has 0 bridgehead atoms. The minimum atomic E-state index is -0.199. The predicted molar refractivity (Wildman–Crippen MR) is 134 cm³/mol. The highest BCUT2D eigenvalue weighted by molar-refractivity contribution is 6.30. The van der Waals surface area contributed by atoms with E-state index >= 15 is 0 Å². The van der Waals surface area contributed by atoms with Gasteiger partial charge in [-0.3, -0.25) is 19.7 Å². The summed E-state index contributed by atoms with van der Waals surface area (Å²) in [6, 6.07) is 16.9. The highest BCUT2D eigenvalue weighted by atomic mass is 35.5. The van der Waals surface area contributed by atoms with Crippen LogP contribution in [0.1, 0.15) is 22.0 Å². The van der Waals surface area contributed by atoms with Crippen molar-refractivity contribution < 1.29 is 13.9 Å². The van der Waals surface area contributed by atoms with Gasteiger partial charge in [0.15, 0.2) is 0 Å². The zero-order valence-electron chi connectivity index (χ0n) is 19.1. The number of nitrogens with one attached hydrogen (secondary N) is 1. The van der Waals surface area contributed by atoms with Gasteiger partial charge >= 0.3 is 0 Å². The van der Waals surface area contributed by atoms with Gasteiger partial charge in [0.2, 0.25) is 0 Å². The number of aromatic nitrogens is 2. The largest absolute Gasteiger partial charge is 0.464 e. The number of rotatable bonds is 7. The fourth-order valence-corrected chi connectivity index (χ4v) is 4.38. The predicted octanol–water partition coefficient (Wildman–Crippen LogP) is 4.86. The minimum Gasteiger partial charge on any atom is -0.464 e. The molecule has 0 spiro atoms. The van der Waals surface area contributed by atoms with E-state index in [9.17, 15) is 4.79 Å². The van der Waals surface area contributed by atoms with Gasteiger partial charge in [0, 0.05) is 54.4 Å². The van der Waals surface area contributed by atoms with Crippen molar-refractivity contribution >= 4 is 17.5 Å². The molecule has 0 saturated carbocycles. The van der Waals surface area contributed by atoms with E-state index in [-0.39, 0.29) is 11.9 Å². The Hall–Kier alpha value is -3.52. The first-order chi connectivity index (χ1) is 17.2. The van der Waals surface area contributed by atoms with Crippen molar-refractivity contribution in [2.45, 2.75) is 6.04 Å². The molecule has 1 amide bonds. The first-order valence-corrected chi connectivity index (χ1v) is 11.9. The lowest BCUT2D eigenvalue weighted by molar-refractivity contribution is 0.0161. The summed E-state index contributed by atoms with van der Waals surface area (Å²) in [6.45, 7) is 3.39. The van der Waals surface area contributed by atoms with E-state index < -0.39 is 0 Å². The van der Waals surface area contributed by atoms with E-state index in [0.717, 1.165) is 35.5 Å². The number of ether oxygens (including phenoxy) is 1. The second-order valence-electron chi connectivity index (χ2n) is 8.26. The highest BCUT2D eigenvalue weighted by Gasteiger charge is 2.24. The summed E-state index contributed by atoms with van der Waals surface area (Å²) in [5.74, 6) is 0.439. The van der Waals surface area contributed by atoms with Crippen molar-refractivity contribution in [2.24, 2.45) is 0 Å². The van der Waals surface area contributed by atoms with Crippen LogP contribution in [-0.4, -0.2) is 53.6 Å². The number of hydrogen-bond donors (Lipinski definition) is 1. The lowest BCUT2D eigenvalue weighted by atomic mass is 10.0. The fraction of sp³-hybridized carbons (Fsp3) is 0.222. The molecule has 0 aliphatic carbocycles. The summed E-state index contributed by atoms with van der Waals surface area (Å²) in [6.07, 6.45) is 6.81. The van der Waals surface area contributed by atoms with Crippen LogP contribution in [0.15, 0.2) is 83.9 Å². The van der Waals surface area contributed by atoms with Gasteiger partial charge in [-0.15, -0.1) is 0 Å². The van der Waals surface area contributed by atoms with Crippen molar-refractivity contribution in [3.05, 3.63) is 95.6 Å². The molecule has 8 heteroatoms. The Morgan fingerprint density at radius 2 is 1.91 bits per heavy atom. The number of carbonyl (C=O) groups excluding carboxylic acids is 1. The molecular weight excluding hydrogens is 464 g/mol. The summed E-state index contributed by atoms with van der Waals surface area (Å²) in [5.41, 5.74) is 3.86. The van der Waals surface area contributed by atoms with Gasteiger partial charge in [0.25, 0.3) is 5.91 Å². The number of furan rings is 1. The maximum Gasteiger partial charge on any atom is 0.252 e. The number of pyridine rings is 2. The summed E-state index contributed by atoms with van der Waals surface area (Å²) in [4.78, 5) is 24.4. The van der Waals surface area contributed by atoms with Gasteiger partial charge in [-0.2, -0.15) is 0 Å². The molecule has 3 aromatic heterocycles. The number of halogens is 1. The second kappa shape index (κ2) is 10.8. The van der Waals surface area contributed by atoms with Crippen molar-refractivity contribution in [3.63, 3.8) is 0 Å². The third-order valence-electron chi connectivity index (χ3n) is 6.07. The molecule has 1 unspecified atom stereocenters. The number of amides is 1. The molecule has 1 N–H and O–H groups in total. The molecule has 5 rings (SSSR count). The molecular formula is C27H25ClN4O3. The molecule has 4 aromatic rings. The van der Waals surface area contributed by atoms with Crippen LogP contribution in [0.2, 0.25) is 5.02 Å². The van der Waals surface area contributed by atoms with Crippen molar-refractivity contribution in [1.82, 2.24) is 20.2 Å². The Labute approximate surface area is 208 Å².